The zero-order chi connectivity index (χ0) is 13.0. The lowest BCUT2D eigenvalue weighted by Gasteiger charge is -2.14. The van der Waals surface area contributed by atoms with Gasteiger partial charge < -0.3 is 11.1 Å². The van der Waals surface area contributed by atoms with E-state index in [2.05, 4.69) is 57.4 Å². The average molecular weight is 310 g/mol. The zero-order valence-electron chi connectivity index (χ0n) is 10.7. The fourth-order valence-corrected chi connectivity index (χ4v) is 2.45. The van der Waals surface area contributed by atoms with Gasteiger partial charge in [0.25, 0.3) is 0 Å². The first-order valence-electron chi connectivity index (χ1n) is 6.46. The summed E-state index contributed by atoms with van der Waals surface area (Å²) < 4.78 is 1.13. The number of aliphatic imine (C=N–C) groups is 1. The third-order valence-corrected chi connectivity index (χ3v) is 3.89. The third kappa shape index (κ3) is 3.25. The lowest BCUT2D eigenvalue weighted by atomic mass is 9.96. The first kappa shape index (κ1) is 13.4. The second-order valence-electron chi connectivity index (χ2n) is 4.92. The molecule has 1 aromatic carbocycles. The van der Waals surface area contributed by atoms with E-state index >= 15 is 0 Å². The second-order valence-corrected chi connectivity index (χ2v) is 5.83. The van der Waals surface area contributed by atoms with Crippen LogP contribution in [0.1, 0.15) is 31.7 Å². The van der Waals surface area contributed by atoms with Gasteiger partial charge in [0.1, 0.15) is 0 Å². The minimum absolute atomic E-state index is 0.224. The lowest BCUT2D eigenvalue weighted by molar-refractivity contribution is 0.698. The monoisotopic (exact) mass is 309 g/mol. The van der Waals surface area contributed by atoms with Gasteiger partial charge in [-0.25, -0.2) is 0 Å². The number of halogens is 1. The fraction of sp³-hybridized carbons (Fsp3) is 0.500. The van der Waals surface area contributed by atoms with Gasteiger partial charge in [-0.1, -0.05) is 35.0 Å². The summed E-state index contributed by atoms with van der Waals surface area (Å²) >= 11 is 3.52. The highest BCUT2D eigenvalue weighted by atomic mass is 79.9. The minimum Gasteiger partial charge on any atom is -0.370 e. The number of nitrogens with one attached hydrogen (secondary N) is 1. The number of hydrogen-bond acceptors (Lipinski definition) is 1. The van der Waals surface area contributed by atoms with Crippen LogP contribution in [0.25, 0.3) is 0 Å². The molecule has 1 saturated carbocycles. The molecule has 0 aromatic heterocycles. The van der Waals surface area contributed by atoms with Crippen molar-refractivity contribution in [3.05, 3.63) is 34.3 Å². The molecule has 3 nitrogen and oxygen atoms in total. The molecule has 0 aliphatic heterocycles. The smallest absolute Gasteiger partial charge is 0.188 e. The van der Waals surface area contributed by atoms with Gasteiger partial charge in [0, 0.05) is 16.4 Å². The van der Waals surface area contributed by atoms with Crippen LogP contribution >= 0.6 is 15.9 Å². The van der Waals surface area contributed by atoms with Crippen molar-refractivity contribution in [3.63, 3.8) is 0 Å². The van der Waals surface area contributed by atoms with Crippen LogP contribution in [0.2, 0.25) is 0 Å². The summed E-state index contributed by atoms with van der Waals surface area (Å²) in [6.07, 6.45) is 3.47. The molecule has 0 unspecified atom stereocenters. The molecule has 98 valence electrons. The van der Waals surface area contributed by atoms with Gasteiger partial charge in [-0.15, -0.1) is 0 Å². The van der Waals surface area contributed by atoms with Crippen LogP contribution in [0.5, 0.6) is 0 Å². The van der Waals surface area contributed by atoms with E-state index in [9.17, 15) is 0 Å². The average Bonchev–Trinajstić information content (AvgIpc) is 3.15. The number of guanidine groups is 1. The Hall–Kier alpha value is -1.03. The molecular formula is C14H20BrN3. The van der Waals surface area contributed by atoms with E-state index in [1.165, 1.54) is 18.4 Å². The van der Waals surface area contributed by atoms with Crippen molar-refractivity contribution in [1.82, 2.24) is 5.32 Å². The predicted molar refractivity (Wildman–Crippen MR) is 79.8 cm³/mol. The molecule has 0 radical (unpaired) electrons. The number of rotatable bonds is 5. The topological polar surface area (TPSA) is 50.4 Å². The Labute approximate surface area is 117 Å². The molecule has 0 bridgehead atoms. The van der Waals surface area contributed by atoms with Crippen molar-refractivity contribution in [2.24, 2.45) is 10.7 Å². The molecule has 1 aliphatic rings. The maximum Gasteiger partial charge on any atom is 0.188 e. The van der Waals surface area contributed by atoms with Crippen molar-refractivity contribution in [1.29, 1.82) is 0 Å². The van der Waals surface area contributed by atoms with E-state index in [1.54, 1.807) is 0 Å². The molecule has 1 aromatic rings. The maximum atomic E-state index is 5.83. The zero-order valence-corrected chi connectivity index (χ0v) is 12.3. The van der Waals surface area contributed by atoms with Crippen LogP contribution in [0.15, 0.2) is 33.7 Å². The molecular weight excluding hydrogens is 290 g/mol. The summed E-state index contributed by atoms with van der Waals surface area (Å²) in [5.41, 5.74) is 7.42. The van der Waals surface area contributed by atoms with E-state index in [1.807, 2.05) is 0 Å². The van der Waals surface area contributed by atoms with Gasteiger partial charge >= 0.3 is 0 Å². The molecule has 0 amide bonds. The Bertz CT molecular complexity index is 438. The predicted octanol–water partition coefficient (Wildman–Crippen LogP) is 2.80. The van der Waals surface area contributed by atoms with Crippen molar-refractivity contribution >= 4 is 21.9 Å². The first-order chi connectivity index (χ1) is 8.66. The highest BCUT2D eigenvalue weighted by Crippen LogP contribution is 2.48. The van der Waals surface area contributed by atoms with Crippen molar-refractivity contribution in [3.8, 4) is 0 Å². The molecule has 0 atom stereocenters. The van der Waals surface area contributed by atoms with Gasteiger partial charge in [-0.2, -0.15) is 0 Å². The van der Waals surface area contributed by atoms with E-state index in [0.29, 0.717) is 5.96 Å². The molecule has 4 heteroatoms. The minimum atomic E-state index is 0.224. The Morgan fingerprint density at radius 2 is 2.28 bits per heavy atom. The van der Waals surface area contributed by atoms with Crippen molar-refractivity contribution in [2.45, 2.75) is 31.6 Å². The highest BCUT2D eigenvalue weighted by Gasteiger charge is 2.44. The third-order valence-electron chi connectivity index (χ3n) is 3.40. The van der Waals surface area contributed by atoms with Crippen molar-refractivity contribution in [2.75, 3.05) is 13.1 Å². The SMILES string of the molecule is CCCNC(N)=NCC1(c2cccc(Br)c2)CC1. The van der Waals surface area contributed by atoms with Crippen molar-refractivity contribution < 1.29 is 0 Å². The Kier molecular flexibility index (Phi) is 4.27. The molecule has 1 aliphatic carbocycles. The highest BCUT2D eigenvalue weighted by molar-refractivity contribution is 9.10. The van der Waals surface area contributed by atoms with Gasteiger partial charge in [-0.05, 0) is 37.0 Å². The van der Waals surface area contributed by atoms with E-state index < -0.39 is 0 Å². The Morgan fingerprint density at radius 3 is 2.89 bits per heavy atom. The van der Waals surface area contributed by atoms with Crippen LogP contribution in [-0.4, -0.2) is 19.0 Å². The number of nitrogens with two attached hydrogens (primary N) is 1. The Morgan fingerprint density at radius 1 is 1.50 bits per heavy atom. The molecule has 2 rings (SSSR count). The fourth-order valence-electron chi connectivity index (χ4n) is 2.05. The molecule has 0 heterocycles. The summed E-state index contributed by atoms with van der Waals surface area (Å²) in [5, 5.41) is 3.11. The number of nitrogens with zero attached hydrogens (tertiary/aromatic N) is 1. The number of hydrogen-bond donors (Lipinski definition) is 2. The van der Waals surface area contributed by atoms with Gasteiger partial charge in [0.2, 0.25) is 0 Å². The molecule has 1 fully saturated rings. The van der Waals surface area contributed by atoms with Gasteiger partial charge in [-0.3, -0.25) is 4.99 Å². The Balaban J connectivity index is 2.00. The van der Waals surface area contributed by atoms with Gasteiger partial charge in [0.05, 0.1) is 6.54 Å². The van der Waals surface area contributed by atoms with Crippen LogP contribution < -0.4 is 11.1 Å². The standard InChI is InChI=1S/C14H20BrN3/c1-2-8-17-13(16)18-10-14(6-7-14)11-4-3-5-12(15)9-11/h3-5,9H,2,6-8,10H2,1H3,(H3,16,17,18). The largest absolute Gasteiger partial charge is 0.370 e. The second kappa shape index (κ2) is 5.74. The van der Waals surface area contributed by atoms with E-state index in [4.69, 9.17) is 5.73 Å². The van der Waals surface area contributed by atoms with Crippen LogP contribution in [0, 0.1) is 0 Å². The summed E-state index contributed by atoms with van der Waals surface area (Å²) in [6.45, 7) is 3.79. The molecule has 0 saturated heterocycles. The maximum absolute atomic E-state index is 5.83. The van der Waals surface area contributed by atoms with E-state index in [-0.39, 0.29) is 5.41 Å². The van der Waals surface area contributed by atoms with E-state index in [0.717, 1.165) is 24.0 Å². The molecule has 0 spiro atoms. The van der Waals surface area contributed by atoms with Crippen LogP contribution in [0.3, 0.4) is 0 Å². The van der Waals surface area contributed by atoms with Crippen LogP contribution in [-0.2, 0) is 5.41 Å². The van der Waals surface area contributed by atoms with Crippen LogP contribution in [0.4, 0.5) is 0 Å². The molecule has 18 heavy (non-hydrogen) atoms. The number of benzene rings is 1. The quantitative estimate of drug-likeness (QED) is 0.649. The normalized spacial score (nSPS) is 17.6. The summed E-state index contributed by atoms with van der Waals surface area (Å²) in [4.78, 5) is 4.47. The summed E-state index contributed by atoms with van der Waals surface area (Å²) in [5.74, 6) is 0.568. The lowest BCUT2D eigenvalue weighted by Crippen LogP contribution is -2.33. The molecule has 3 N–H and O–H groups in total. The summed E-state index contributed by atoms with van der Waals surface area (Å²) in [6, 6.07) is 8.52. The first-order valence-corrected chi connectivity index (χ1v) is 7.25. The summed E-state index contributed by atoms with van der Waals surface area (Å²) in [7, 11) is 0. The van der Waals surface area contributed by atoms with Gasteiger partial charge in [0.15, 0.2) is 5.96 Å².